The number of methoxy groups -OCH3 is 1. The number of aliphatic imine (C=N–C) groups is 1. The third kappa shape index (κ3) is 5.17. The lowest BCUT2D eigenvalue weighted by Crippen LogP contribution is -2.44. The molecule has 36 heavy (non-hydrogen) atoms. The number of hydrogen-bond donors (Lipinski definition) is 1. The van der Waals surface area contributed by atoms with Crippen molar-refractivity contribution in [3.63, 3.8) is 0 Å². The summed E-state index contributed by atoms with van der Waals surface area (Å²) in [5.74, 6) is 0.372. The molecule has 9 nitrogen and oxygen atoms in total. The highest BCUT2D eigenvalue weighted by molar-refractivity contribution is 6.00. The van der Waals surface area contributed by atoms with Crippen LogP contribution in [-0.4, -0.2) is 42.8 Å². The van der Waals surface area contributed by atoms with E-state index in [2.05, 4.69) is 10.0 Å². The molecule has 9 heteroatoms. The van der Waals surface area contributed by atoms with Crippen molar-refractivity contribution in [2.45, 2.75) is 24.5 Å². The molecule has 3 aromatic carbocycles. The monoisotopic (exact) mass is 486 g/mol. The number of azide groups is 1. The van der Waals surface area contributed by atoms with Gasteiger partial charge in [-0.05, 0) is 40.9 Å². The van der Waals surface area contributed by atoms with E-state index in [0.717, 1.165) is 5.56 Å². The summed E-state index contributed by atoms with van der Waals surface area (Å²) >= 11 is 0. The van der Waals surface area contributed by atoms with Gasteiger partial charge in [-0.1, -0.05) is 59.7 Å². The molecule has 0 radical (unpaired) electrons. The SMILES string of the molecule is COC(=O)[C@]1(Cc2ccccc2N=[N+]=[N-])N=C(c2ccc(OCCCO)cc2)O[C@@H]1c1ccccc1. The van der Waals surface area contributed by atoms with Crippen LogP contribution in [0.2, 0.25) is 0 Å². The van der Waals surface area contributed by atoms with Gasteiger partial charge >= 0.3 is 5.97 Å². The van der Waals surface area contributed by atoms with Crippen molar-refractivity contribution in [1.29, 1.82) is 0 Å². The van der Waals surface area contributed by atoms with Crippen LogP contribution in [0.1, 0.15) is 29.2 Å². The van der Waals surface area contributed by atoms with Crippen LogP contribution in [-0.2, 0) is 20.7 Å². The number of ether oxygens (including phenoxy) is 3. The Balaban J connectivity index is 1.78. The van der Waals surface area contributed by atoms with E-state index >= 15 is 0 Å². The van der Waals surface area contributed by atoms with Gasteiger partial charge in [0.15, 0.2) is 6.10 Å². The highest BCUT2D eigenvalue weighted by Crippen LogP contribution is 2.44. The number of nitrogens with zero attached hydrogens (tertiary/aromatic N) is 4. The Labute approximate surface area is 208 Å². The summed E-state index contributed by atoms with van der Waals surface area (Å²) in [4.78, 5) is 21.2. The Bertz CT molecular complexity index is 1270. The molecule has 1 aliphatic rings. The largest absolute Gasteiger partial charge is 0.494 e. The fourth-order valence-electron chi connectivity index (χ4n) is 4.16. The van der Waals surface area contributed by atoms with Gasteiger partial charge in [0.2, 0.25) is 11.4 Å². The van der Waals surface area contributed by atoms with Gasteiger partial charge in [-0.15, -0.1) is 0 Å². The highest BCUT2D eigenvalue weighted by Gasteiger charge is 2.54. The first-order chi connectivity index (χ1) is 17.6. The molecular weight excluding hydrogens is 460 g/mol. The van der Waals surface area contributed by atoms with Crippen molar-refractivity contribution < 1.29 is 24.1 Å². The van der Waals surface area contributed by atoms with Gasteiger partial charge in [-0.2, -0.15) is 0 Å². The topological polar surface area (TPSA) is 126 Å². The van der Waals surface area contributed by atoms with Crippen LogP contribution >= 0.6 is 0 Å². The number of aliphatic hydroxyl groups excluding tert-OH is 1. The molecule has 2 atom stereocenters. The minimum absolute atomic E-state index is 0.0576. The summed E-state index contributed by atoms with van der Waals surface area (Å²) < 4.78 is 17.2. The van der Waals surface area contributed by atoms with Gasteiger partial charge in [0, 0.05) is 35.6 Å². The third-order valence-corrected chi connectivity index (χ3v) is 5.88. The molecule has 1 heterocycles. The van der Waals surface area contributed by atoms with Gasteiger partial charge < -0.3 is 19.3 Å². The summed E-state index contributed by atoms with van der Waals surface area (Å²) in [5.41, 5.74) is 10.0. The molecule has 0 aliphatic carbocycles. The quantitative estimate of drug-likeness (QED) is 0.141. The molecule has 0 amide bonds. The molecule has 184 valence electrons. The van der Waals surface area contributed by atoms with Gasteiger partial charge in [0.25, 0.3) is 0 Å². The van der Waals surface area contributed by atoms with Crippen LogP contribution in [0.4, 0.5) is 5.69 Å². The number of hydrogen-bond acceptors (Lipinski definition) is 7. The van der Waals surface area contributed by atoms with E-state index in [9.17, 15) is 4.79 Å². The van der Waals surface area contributed by atoms with Crippen LogP contribution < -0.4 is 4.74 Å². The standard InChI is InChI=1S/C27H26N4O5/c1-34-26(33)27(18-21-10-5-6-11-23(21)30-31-28)24(19-8-3-2-4-9-19)36-25(29-27)20-12-14-22(15-13-20)35-17-7-16-32/h2-6,8-15,24,32H,7,16-18H2,1H3/t24-,27-/m1/s1. The Kier molecular flexibility index (Phi) is 7.85. The average Bonchev–Trinajstić information content (AvgIpc) is 3.31. The minimum Gasteiger partial charge on any atom is -0.494 e. The minimum atomic E-state index is -1.46. The van der Waals surface area contributed by atoms with Crippen LogP contribution in [0.3, 0.4) is 0 Å². The second kappa shape index (κ2) is 11.4. The molecular formula is C27H26N4O5. The summed E-state index contributed by atoms with van der Waals surface area (Å²) in [5, 5.41) is 12.7. The maximum Gasteiger partial charge on any atom is 0.338 e. The normalized spacial score (nSPS) is 18.5. The van der Waals surface area contributed by atoms with Crippen LogP contribution in [0, 0.1) is 0 Å². The van der Waals surface area contributed by atoms with E-state index in [4.69, 9.17) is 29.8 Å². The first kappa shape index (κ1) is 24.8. The third-order valence-electron chi connectivity index (χ3n) is 5.88. The van der Waals surface area contributed by atoms with Gasteiger partial charge in [0.05, 0.1) is 13.7 Å². The number of benzene rings is 3. The zero-order valence-corrected chi connectivity index (χ0v) is 19.8. The van der Waals surface area contributed by atoms with Crippen molar-refractivity contribution in [3.05, 3.63) is 106 Å². The molecule has 0 aromatic heterocycles. The van der Waals surface area contributed by atoms with Crippen molar-refractivity contribution in [2.24, 2.45) is 10.1 Å². The van der Waals surface area contributed by atoms with E-state index in [-0.39, 0.29) is 18.9 Å². The Morgan fingerprint density at radius 2 is 1.83 bits per heavy atom. The molecule has 0 spiro atoms. The number of esters is 1. The van der Waals surface area contributed by atoms with E-state index in [0.29, 0.717) is 35.6 Å². The number of carbonyl (C=O) groups is 1. The second-order valence-electron chi connectivity index (χ2n) is 8.19. The van der Waals surface area contributed by atoms with Gasteiger partial charge in [-0.3, -0.25) is 0 Å². The van der Waals surface area contributed by atoms with Gasteiger partial charge in [0.1, 0.15) is 5.75 Å². The Morgan fingerprint density at radius 3 is 2.53 bits per heavy atom. The van der Waals surface area contributed by atoms with E-state index in [1.807, 2.05) is 36.4 Å². The number of rotatable bonds is 10. The molecule has 0 unspecified atom stereocenters. The molecule has 1 N–H and O–H groups in total. The summed E-state index contributed by atoms with van der Waals surface area (Å²) in [7, 11) is 1.32. The predicted molar refractivity (Wildman–Crippen MR) is 134 cm³/mol. The summed E-state index contributed by atoms with van der Waals surface area (Å²) in [6.07, 6.45) is -0.143. The van der Waals surface area contributed by atoms with Crippen molar-refractivity contribution in [1.82, 2.24) is 0 Å². The highest BCUT2D eigenvalue weighted by atomic mass is 16.5. The molecule has 0 bridgehead atoms. The van der Waals surface area contributed by atoms with Crippen molar-refractivity contribution >= 4 is 17.6 Å². The van der Waals surface area contributed by atoms with Crippen molar-refractivity contribution in [2.75, 3.05) is 20.3 Å². The van der Waals surface area contributed by atoms with E-state index in [1.54, 1.807) is 42.5 Å². The lowest BCUT2D eigenvalue weighted by Gasteiger charge is -2.29. The van der Waals surface area contributed by atoms with E-state index < -0.39 is 17.6 Å². The second-order valence-corrected chi connectivity index (χ2v) is 8.19. The Hall–Kier alpha value is -4.33. The summed E-state index contributed by atoms with van der Waals surface area (Å²) in [6, 6.07) is 23.6. The maximum absolute atomic E-state index is 13.4. The Morgan fingerprint density at radius 1 is 1.11 bits per heavy atom. The molecule has 1 aliphatic heterocycles. The first-order valence-electron chi connectivity index (χ1n) is 11.5. The van der Waals surface area contributed by atoms with Crippen LogP contribution in [0.5, 0.6) is 5.75 Å². The zero-order valence-electron chi connectivity index (χ0n) is 19.8. The molecule has 3 aromatic rings. The molecule has 4 rings (SSSR count). The molecule has 0 fully saturated rings. The fraction of sp³-hybridized carbons (Fsp3) is 0.259. The lowest BCUT2D eigenvalue weighted by molar-refractivity contribution is -0.149. The number of aliphatic hydroxyl groups is 1. The van der Waals surface area contributed by atoms with Crippen molar-refractivity contribution in [3.8, 4) is 5.75 Å². The first-order valence-corrected chi connectivity index (χ1v) is 11.5. The number of carbonyl (C=O) groups excluding carboxylic acids is 1. The van der Waals surface area contributed by atoms with Gasteiger partial charge in [-0.25, -0.2) is 9.79 Å². The lowest BCUT2D eigenvalue weighted by atomic mass is 9.82. The fourth-order valence-corrected chi connectivity index (χ4v) is 4.16. The van der Waals surface area contributed by atoms with E-state index in [1.165, 1.54) is 7.11 Å². The molecule has 0 saturated heterocycles. The predicted octanol–water partition coefficient (Wildman–Crippen LogP) is 5.06. The van der Waals surface area contributed by atoms with Crippen LogP contribution in [0.15, 0.2) is 89.0 Å². The maximum atomic E-state index is 13.4. The summed E-state index contributed by atoms with van der Waals surface area (Å²) in [6.45, 7) is 0.460. The van der Waals surface area contributed by atoms with Crippen LogP contribution in [0.25, 0.3) is 10.4 Å². The smallest absolute Gasteiger partial charge is 0.338 e. The molecule has 0 saturated carbocycles. The zero-order chi connectivity index (χ0) is 25.4. The average molecular weight is 487 g/mol.